The largest absolute Gasteiger partial charge is 0.469 e. The number of aliphatic hydroxyl groups excluding tert-OH is 1. The van der Waals surface area contributed by atoms with Crippen LogP contribution in [0.5, 0.6) is 0 Å². The first-order valence-corrected chi connectivity index (χ1v) is 11.5. The second-order valence-corrected chi connectivity index (χ2v) is 11.2. The Bertz CT molecular complexity index is 838. The molecule has 0 amide bonds. The Morgan fingerprint density at radius 3 is 2.31 bits per heavy atom. The zero-order valence-corrected chi connectivity index (χ0v) is 20.0. The Morgan fingerprint density at radius 2 is 1.75 bits per heavy atom. The predicted molar refractivity (Wildman–Crippen MR) is 112 cm³/mol. The number of ketones is 1. The molecule has 0 radical (unpaired) electrons. The maximum absolute atomic E-state index is 13.8. The van der Waals surface area contributed by atoms with Gasteiger partial charge in [-0.25, -0.2) is 0 Å². The molecule has 2 spiro atoms. The van der Waals surface area contributed by atoms with Crippen LogP contribution in [-0.2, 0) is 33.3 Å². The zero-order chi connectivity index (χ0) is 23.7. The van der Waals surface area contributed by atoms with Crippen LogP contribution in [0.1, 0.15) is 66.2 Å². The molecule has 2 aliphatic carbocycles. The van der Waals surface area contributed by atoms with Crippen LogP contribution in [0.15, 0.2) is 0 Å². The van der Waals surface area contributed by atoms with Gasteiger partial charge in [0.05, 0.1) is 37.9 Å². The summed E-state index contributed by atoms with van der Waals surface area (Å²) in [6, 6.07) is 0. The van der Waals surface area contributed by atoms with Crippen LogP contribution in [0.2, 0.25) is 0 Å². The van der Waals surface area contributed by atoms with Crippen LogP contribution < -0.4 is 0 Å². The Morgan fingerprint density at radius 1 is 1.06 bits per heavy atom. The Hall–Kier alpha value is -1.51. The lowest BCUT2D eigenvalue weighted by molar-refractivity contribution is -0.270. The van der Waals surface area contributed by atoms with Crippen molar-refractivity contribution in [2.75, 3.05) is 20.8 Å². The van der Waals surface area contributed by atoms with Crippen molar-refractivity contribution in [1.29, 1.82) is 0 Å². The molecule has 4 fully saturated rings. The van der Waals surface area contributed by atoms with E-state index in [4.69, 9.17) is 18.9 Å². The molecular weight excluding hydrogens is 416 g/mol. The van der Waals surface area contributed by atoms with Crippen molar-refractivity contribution in [3.05, 3.63) is 0 Å². The first-order chi connectivity index (χ1) is 14.8. The van der Waals surface area contributed by atoms with E-state index in [-0.39, 0.29) is 36.6 Å². The van der Waals surface area contributed by atoms with Crippen LogP contribution in [0.25, 0.3) is 0 Å². The van der Waals surface area contributed by atoms with Gasteiger partial charge >= 0.3 is 11.9 Å². The number of aliphatic hydroxyl groups is 1. The number of methoxy groups -OCH3 is 2. The van der Waals surface area contributed by atoms with E-state index in [1.54, 1.807) is 6.92 Å². The molecule has 7 atom stereocenters. The molecule has 2 heterocycles. The molecule has 2 saturated heterocycles. The molecule has 32 heavy (non-hydrogen) atoms. The van der Waals surface area contributed by atoms with E-state index < -0.39 is 39.7 Å². The van der Waals surface area contributed by atoms with Crippen molar-refractivity contribution in [3.8, 4) is 0 Å². The predicted octanol–water partition coefficient (Wildman–Crippen LogP) is 2.40. The first-order valence-electron chi connectivity index (χ1n) is 11.5. The lowest BCUT2D eigenvalue weighted by Gasteiger charge is -2.66. The zero-order valence-electron chi connectivity index (χ0n) is 20.0. The minimum absolute atomic E-state index is 0.166. The van der Waals surface area contributed by atoms with E-state index in [2.05, 4.69) is 6.92 Å². The van der Waals surface area contributed by atoms with E-state index >= 15 is 0 Å². The number of esters is 2. The fraction of sp³-hybridized carbons (Fsp3) is 0.875. The summed E-state index contributed by atoms with van der Waals surface area (Å²) in [6.07, 6.45) is 1.79. The SMILES string of the molecule is COC(=O)[C@@H]1CC[C@@]2(C)[C@@H](CC(=O)[C@](C)(C(=O)OC)[C@]23CC[C@]2(CO[C@@H](O)C2)O3)C1(C)C. The van der Waals surface area contributed by atoms with Gasteiger partial charge in [-0.2, -0.15) is 0 Å². The van der Waals surface area contributed by atoms with E-state index in [1.807, 2.05) is 13.8 Å². The van der Waals surface area contributed by atoms with Gasteiger partial charge in [0.2, 0.25) is 0 Å². The molecule has 8 heteroatoms. The van der Waals surface area contributed by atoms with Crippen LogP contribution in [0, 0.1) is 28.1 Å². The summed E-state index contributed by atoms with van der Waals surface area (Å²) in [4.78, 5) is 39.7. The molecule has 4 rings (SSSR count). The van der Waals surface area contributed by atoms with Crippen molar-refractivity contribution in [2.45, 2.75) is 83.7 Å². The normalized spacial score (nSPS) is 47.5. The quantitative estimate of drug-likeness (QED) is 0.503. The van der Waals surface area contributed by atoms with Crippen LogP contribution in [0.3, 0.4) is 0 Å². The average molecular weight is 453 g/mol. The fourth-order valence-corrected chi connectivity index (χ4v) is 7.82. The third-order valence-electron chi connectivity index (χ3n) is 9.68. The number of Topliss-reactive ketones (excluding diaryl/α,β-unsaturated/α-hetero) is 1. The maximum Gasteiger partial charge on any atom is 0.322 e. The summed E-state index contributed by atoms with van der Waals surface area (Å²) in [5.74, 6) is -1.62. The minimum atomic E-state index is -1.49. The highest BCUT2D eigenvalue weighted by Crippen LogP contribution is 2.71. The molecule has 1 N–H and O–H groups in total. The maximum atomic E-state index is 13.8. The van der Waals surface area contributed by atoms with Gasteiger partial charge < -0.3 is 24.1 Å². The Kier molecular flexibility index (Phi) is 5.35. The van der Waals surface area contributed by atoms with E-state index in [9.17, 15) is 19.5 Å². The van der Waals surface area contributed by atoms with Gasteiger partial charge in [0.15, 0.2) is 17.5 Å². The second-order valence-electron chi connectivity index (χ2n) is 11.2. The van der Waals surface area contributed by atoms with Crippen molar-refractivity contribution < 1.29 is 38.4 Å². The van der Waals surface area contributed by atoms with Crippen LogP contribution in [0.4, 0.5) is 0 Å². The fourth-order valence-electron chi connectivity index (χ4n) is 7.82. The van der Waals surface area contributed by atoms with Gasteiger partial charge in [-0.05, 0) is 43.9 Å². The molecule has 0 unspecified atom stereocenters. The number of carbonyl (C=O) groups is 3. The summed E-state index contributed by atoms with van der Waals surface area (Å²) in [6.45, 7) is 8.02. The van der Waals surface area contributed by atoms with E-state index in [0.29, 0.717) is 32.1 Å². The number of fused-ring (bicyclic) bond motifs is 2. The molecule has 2 aliphatic heterocycles. The highest BCUT2D eigenvalue weighted by molar-refractivity contribution is 6.06. The highest BCUT2D eigenvalue weighted by atomic mass is 16.6. The average Bonchev–Trinajstić information content (AvgIpc) is 3.31. The second kappa shape index (κ2) is 7.24. The monoisotopic (exact) mass is 452 g/mol. The van der Waals surface area contributed by atoms with E-state index in [0.717, 1.165) is 0 Å². The molecule has 4 aliphatic rings. The smallest absolute Gasteiger partial charge is 0.322 e. The van der Waals surface area contributed by atoms with Gasteiger partial charge in [0, 0.05) is 18.3 Å². The van der Waals surface area contributed by atoms with Gasteiger partial charge in [0.25, 0.3) is 0 Å². The van der Waals surface area contributed by atoms with Gasteiger partial charge in [-0.3, -0.25) is 14.4 Å². The number of carbonyl (C=O) groups excluding carboxylic acids is 3. The summed E-state index contributed by atoms with van der Waals surface area (Å²) < 4.78 is 22.6. The first kappa shape index (κ1) is 23.6. The molecule has 0 aromatic carbocycles. The van der Waals surface area contributed by atoms with Gasteiger partial charge in [-0.15, -0.1) is 0 Å². The summed E-state index contributed by atoms with van der Waals surface area (Å²) in [7, 11) is 2.69. The molecule has 180 valence electrons. The van der Waals surface area contributed by atoms with Crippen LogP contribution in [-0.4, -0.2) is 61.1 Å². The molecule has 2 saturated carbocycles. The number of hydrogen-bond acceptors (Lipinski definition) is 8. The number of hydrogen-bond donors (Lipinski definition) is 1. The lowest BCUT2D eigenvalue weighted by Crippen LogP contribution is -2.73. The van der Waals surface area contributed by atoms with Crippen molar-refractivity contribution in [1.82, 2.24) is 0 Å². The lowest BCUT2D eigenvalue weighted by atomic mass is 9.39. The minimum Gasteiger partial charge on any atom is -0.469 e. The third kappa shape index (κ3) is 2.75. The summed E-state index contributed by atoms with van der Waals surface area (Å²) >= 11 is 0. The van der Waals surface area contributed by atoms with E-state index in [1.165, 1.54) is 14.2 Å². The topological polar surface area (TPSA) is 108 Å². The molecular formula is C24H36O8. The standard InChI is InChI=1S/C24H36O8/c1-20(2)14(18(27)29-5)7-8-21(3)15(20)11-16(25)22(4,19(28)30-6)24(21)10-9-23(32-24)12-17(26)31-13-23/h14-15,17,26H,7-13H2,1-6H3/t14-,15-,17+,21-,22+,23-,24-/m0/s1. The number of ether oxygens (including phenoxy) is 4. The van der Waals surface area contributed by atoms with Crippen molar-refractivity contribution >= 4 is 17.7 Å². The highest BCUT2D eigenvalue weighted by Gasteiger charge is 2.78. The number of rotatable bonds is 2. The van der Waals surface area contributed by atoms with Crippen LogP contribution >= 0.6 is 0 Å². The summed E-state index contributed by atoms with van der Waals surface area (Å²) in [5, 5.41) is 10.1. The molecule has 8 nitrogen and oxygen atoms in total. The summed E-state index contributed by atoms with van der Waals surface area (Å²) in [5.41, 5.74) is -4.47. The molecule has 0 bridgehead atoms. The molecule has 0 aromatic rings. The third-order valence-corrected chi connectivity index (χ3v) is 9.68. The van der Waals surface area contributed by atoms with Crippen molar-refractivity contribution in [3.63, 3.8) is 0 Å². The Balaban J connectivity index is 1.87. The van der Waals surface area contributed by atoms with Gasteiger partial charge in [-0.1, -0.05) is 20.8 Å². The Labute approximate surface area is 189 Å². The molecule has 0 aromatic heterocycles. The van der Waals surface area contributed by atoms with Crippen molar-refractivity contribution in [2.24, 2.45) is 28.1 Å². The van der Waals surface area contributed by atoms with Gasteiger partial charge in [0.1, 0.15) is 0 Å².